The van der Waals surface area contributed by atoms with E-state index in [0.717, 1.165) is 10.0 Å². The van der Waals surface area contributed by atoms with Gasteiger partial charge in [0.05, 0.1) is 17.7 Å². The predicted octanol–water partition coefficient (Wildman–Crippen LogP) is 2.25. The summed E-state index contributed by atoms with van der Waals surface area (Å²) >= 11 is 3.42. The molecule has 0 aromatic heterocycles. The summed E-state index contributed by atoms with van der Waals surface area (Å²) in [5.41, 5.74) is 2.24. The van der Waals surface area contributed by atoms with E-state index in [2.05, 4.69) is 21.1 Å². The Hall–Kier alpha value is -1.41. The van der Waals surface area contributed by atoms with Crippen LogP contribution in [0.1, 0.15) is 24.8 Å². The molecule has 0 aliphatic carbocycles. The summed E-state index contributed by atoms with van der Waals surface area (Å²) in [4.78, 5) is 16.5. The number of oxime groups is 1. The minimum Gasteiger partial charge on any atom is -0.318 e. The Morgan fingerprint density at radius 3 is 2.77 bits per heavy atom. The summed E-state index contributed by atoms with van der Waals surface area (Å²) in [5, 5.41) is 3.71. The number of hydrogen-bond donors (Lipinski definition) is 0. The second-order valence-corrected chi connectivity index (χ2v) is 8.45. The first-order valence-electron chi connectivity index (χ1n) is 6.80. The van der Waals surface area contributed by atoms with Gasteiger partial charge in [-0.25, -0.2) is 13.2 Å². The molecule has 6 nitrogen and oxygen atoms in total. The van der Waals surface area contributed by atoms with E-state index < -0.39 is 15.9 Å². The molecule has 118 valence electrons. The summed E-state index contributed by atoms with van der Waals surface area (Å²) in [7, 11) is -3.35. The first kappa shape index (κ1) is 15.5. The number of hydrogen-bond acceptors (Lipinski definition) is 5. The van der Waals surface area contributed by atoms with Gasteiger partial charge in [0.15, 0.2) is 0 Å². The summed E-state index contributed by atoms with van der Waals surface area (Å²) in [6, 6.07) is 5.52. The molecular weight excluding hydrogens is 372 g/mol. The van der Waals surface area contributed by atoms with Gasteiger partial charge >= 0.3 is 5.97 Å². The van der Waals surface area contributed by atoms with Crippen molar-refractivity contribution in [3.8, 4) is 0 Å². The summed E-state index contributed by atoms with van der Waals surface area (Å²) in [5.74, 6) is -0.841. The normalized spacial score (nSPS) is 24.2. The lowest BCUT2D eigenvalue weighted by atomic mass is 9.88. The van der Waals surface area contributed by atoms with Crippen molar-refractivity contribution in [2.45, 2.75) is 19.3 Å². The molecule has 1 aromatic carbocycles. The molecule has 22 heavy (non-hydrogen) atoms. The maximum atomic E-state index is 12.0. The second kappa shape index (κ2) is 5.34. The molecule has 0 N–H and O–H groups in total. The Labute approximate surface area is 137 Å². The zero-order chi connectivity index (χ0) is 16.1. The number of benzene rings is 1. The lowest BCUT2D eigenvalue weighted by molar-refractivity contribution is -0.143. The second-order valence-electron chi connectivity index (χ2n) is 5.63. The third kappa shape index (κ3) is 2.65. The molecule has 8 heteroatoms. The smallest absolute Gasteiger partial charge is 0.318 e. The minimum absolute atomic E-state index is 0.0666. The van der Waals surface area contributed by atoms with Crippen LogP contribution in [0.3, 0.4) is 0 Å². The molecule has 2 aliphatic heterocycles. The molecule has 0 saturated heterocycles. The van der Waals surface area contributed by atoms with E-state index in [0.29, 0.717) is 24.4 Å². The highest BCUT2D eigenvalue weighted by atomic mass is 79.9. The van der Waals surface area contributed by atoms with Gasteiger partial charge in [0, 0.05) is 16.9 Å². The SMILES string of the molecule is CC1=NOC(=O)C1CC1CN(S(C)(=O)=O)c2ccc(Br)cc21. The van der Waals surface area contributed by atoms with Crippen molar-refractivity contribution >= 4 is 43.3 Å². The maximum Gasteiger partial charge on any atom is 0.343 e. The van der Waals surface area contributed by atoms with E-state index in [4.69, 9.17) is 4.84 Å². The zero-order valence-corrected chi connectivity index (χ0v) is 14.5. The van der Waals surface area contributed by atoms with Gasteiger partial charge in [-0.2, -0.15) is 0 Å². The van der Waals surface area contributed by atoms with Crippen molar-refractivity contribution in [2.75, 3.05) is 17.1 Å². The molecule has 0 spiro atoms. The van der Waals surface area contributed by atoms with Crippen LogP contribution in [-0.4, -0.2) is 32.9 Å². The van der Waals surface area contributed by atoms with Gasteiger partial charge in [0.25, 0.3) is 0 Å². The van der Waals surface area contributed by atoms with Crippen molar-refractivity contribution in [2.24, 2.45) is 11.1 Å². The van der Waals surface area contributed by atoms with Crippen LogP contribution >= 0.6 is 15.9 Å². The zero-order valence-electron chi connectivity index (χ0n) is 12.1. The Kier molecular flexibility index (Phi) is 3.76. The average Bonchev–Trinajstić information content (AvgIpc) is 2.94. The minimum atomic E-state index is -3.35. The Morgan fingerprint density at radius 2 is 2.18 bits per heavy atom. The third-order valence-electron chi connectivity index (χ3n) is 4.07. The van der Waals surface area contributed by atoms with E-state index in [-0.39, 0.29) is 11.9 Å². The summed E-state index contributed by atoms with van der Waals surface area (Å²) < 4.78 is 26.3. The van der Waals surface area contributed by atoms with Crippen LogP contribution in [0.15, 0.2) is 27.8 Å². The van der Waals surface area contributed by atoms with Crippen LogP contribution in [0.4, 0.5) is 5.69 Å². The fourth-order valence-corrected chi connectivity index (χ4v) is 4.31. The number of carbonyl (C=O) groups excluding carboxylic acids is 1. The number of halogens is 1. The van der Waals surface area contributed by atoms with Gasteiger partial charge in [0.1, 0.15) is 5.92 Å². The van der Waals surface area contributed by atoms with Gasteiger partial charge in [0.2, 0.25) is 10.0 Å². The monoisotopic (exact) mass is 386 g/mol. The fraction of sp³-hybridized carbons (Fsp3) is 0.429. The van der Waals surface area contributed by atoms with E-state index in [1.54, 1.807) is 13.0 Å². The Bertz CT molecular complexity index is 775. The van der Waals surface area contributed by atoms with Crippen molar-refractivity contribution in [3.63, 3.8) is 0 Å². The number of anilines is 1. The van der Waals surface area contributed by atoms with Crippen molar-refractivity contribution in [1.82, 2.24) is 0 Å². The molecule has 3 rings (SSSR count). The highest BCUT2D eigenvalue weighted by Crippen LogP contribution is 2.42. The van der Waals surface area contributed by atoms with E-state index in [1.165, 1.54) is 10.6 Å². The largest absolute Gasteiger partial charge is 0.343 e. The van der Waals surface area contributed by atoms with Crippen LogP contribution in [0, 0.1) is 5.92 Å². The highest BCUT2D eigenvalue weighted by Gasteiger charge is 2.39. The molecule has 0 amide bonds. The van der Waals surface area contributed by atoms with Gasteiger partial charge in [-0.15, -0.1) is 0 Å². The van der Waals surface area contributed by atoms with Crippen LogP contribution in [0.2, 0.25) is 0 Å². The molecular formula is C14H15BrN2O4S. The molecule has 1 aromatic rings. The Morgan fingerprint density at radius 1 is 1.45 bits per heavy atom. The Balaban J connectivity index is 1.96. The molecule has 2 atom stereocenters. The molecule has 0 fully saturated rings. The molecule has 0 radical (unpaired) electrons. The quantitative estimate of drug-likeness (QED) is 0.746. The maximum absolute atomic E-state index is 12.0. The average molecular weight is 387 g/mol. The number of carbonyl (C=O) groups is 1. The molecule has 2 unspecified atom stereocenters. The van der Waals surface area contributed by atoms with Crippen molar-refractivity contribution in [1.29, 1.82) is 0 Å². The van der Waals surface area contributed by atoms with Crippen LogP contribution in [0.25, 0.3) is 0 Å². The summed E-state index contributed by atoms with van der Waals surface area (Å²) in [6.07, 6.45) is 1.68. The summed E-state index contributed by atoms with van der Waals surface area (Å²) in [6.45, 7) is 2.09. The molecule has 2 aliphatic rings. The first-order valence-corrected chi connectivity index (χ1v) is 9.44. The van der Waals surface area contributed by atoms with E-state index in [1.807, 2.05) is 12.1 Å². The fourth-order valence-electron chi connectivity index (χ4n) is 2.96. The van der Waals surface area contributed by atoms with Gasteiger partial charge in [-0.3, -0.25) is 4.31 Å². The van der Waals surface area contributed by atoms with Crippen molar-refractivity contribution < 1.29 is 18.0 Å². The van der Waals surface area contributed by atoms with Gasteiger partial charge < -0.3 is 4.84 Å². The number of nitrogens with zero attached hydrogens (tertiary/aromatic N) is 2. The topological polar surface area (TPSA) is 76.0 Å². The predicted molar refractivity (Wildman–Crippen MR) is 86.4 cm³/mol. The van der Waals surface area contributed by atoms with E-state index >= 15 is 0 Å². The lowest BCUT2D eigenvalue weighted by Gasteiger charge is -2.17. The number of fused-ring (bicyclic) bond motifs is 1. The number of sulfonamides is 1. The highest BCUT2D eigenvalue weighted by molar-refractivity contribution is 9.10. The van der Waals surface area contributed by atoms with Gasteiger partial charge in [-0.1, -0.05) is 21.1 Å². The van der Waals surface area contributed by atoms with E-state index in [9.17, 15) is 13.2 Å². The molecule has 0 saturated carbocycles. The first-order chi connectivity index (χ1) is 10.3. The van der Waals surface area contributed by atoms with Crippen LogP contribution in [0.5, 0.6) is 0 Å². The molecule has 0 bridgehead atoms. The third-order valence-corrected chi connectivity index (χ3v) is 5.71. The standard InChI is InChI=1S/C14H15BrN2O4S/c1-8-11(14(18)21-16-8)5-9-7-17(22(2,19)20)13-4-3-10(15)6-12(9)13/h3-4,6,9,11H,5,7H2,1-2H3. The molecule has 2 heterocycles. The lowest BCUT2D eigenvalue weighted by Crippen LogP contribution is -2.29. The van der Waals surface area contributed by atoms with Crippen LogP contribution < -0.4 is 4.31 Å². The number of rotatable bonds is 3. The van der Waals surface area contributed by atoms with Crippen molar-refractivity contribution in [3.05, 3.63) is 28.2 Å². The van der Waals surface area contributed by atoms with Gasteiger partial charge in [-0.05, 0) is 37.1 Å². The van der Waals surface area contributed by atoms with Crippen LogP contribution in [-0.2, 0) is 19.7 Å².